The Balaban J connectivity index is 1.21. The lowest BCUT2D eigenvalue weighted by Gasteiger charge is -2.32. The molecule has 1 saturated heterocycles. The molecule has 1 atom stereocenters. The molecule has 1 aliphatic heterocycles. The highest BCUT2D eigenvalue weighted by Crippen LogP contribution is 2.28. The smallest absolute Gasteiger partial charge is 0.410 e. The van der Waals surface area contributed by atoms with Crippen molar-refractivity contribution in [2.75, 3.05) is 26.8 Å². The number of para-hydroxylation sites is 1. The molecule has 5 rings (SSSR count). The first-order valence-corrected chi connectivity index (χ1v) is 12.6. The monoisotopic (exact) mass is 504 g/mol. The number of benzene rings is 2. The number of likely N-dealkylation sites (tertiary alicyclic amines) is 1. The molecule has 37 heavy (non-hydrogen) atoms. The zero-order valence-corrected chi connectivity index (χ0v) is 21.1. The molecule has 1 fully saturated rings. The van der Waals surface area contributed by atoms with Crippen molar-refractivity contribution in [3.63, 3.8) is 0 Å². The van der Waals surface area contributed by atoms with Crippen molar-refractivity contribution in [2.24, 2.45) is 0 Å². The van der Waals surface area contributed by atoms with Crippen LogP contribution in [-0.4, -0.2) is 63.8 Å². The standard InChI is InChI=1S/C28H32N4O5/c1-18-11-19(12-22-15-32(17-36-2)30-26(18)22)13-23(16-33)37-28(35)31-9-7-20(8-10-31)24-14-21-5-3-4-6-25(21)29-27(24)34/h3-6,11-12,14-15,20,23,33H,7-10,13,16-17H2,1-2H3,(H,29,34)/t23-/m1/s1. The van der Waals surface area contributed by atoms with Gasteiger partial charge in [0.15, 0.2) is 0 Å². The molecule has 194 valence electrons. The number of aliphatic hydroxyl groups is 1. The van der Waals surface area contributed by atoms with Crippen LogP contribution in [0.1, 0.15) is 35.4 Å². The van der Waals surface area contributed by atoms with Gasteiger partial charge in [-0.3, -0.25) is 4.79 Å². The van der Waals surface area contributed by atoms with Gasteiger partial charge in [-0.2, -0.15) is 5.10 Å². The Hall–Kier alpha value is -3.69. The van der Waals surface area contributed by atoms with Crippen LogP contribution in [0.25, 0.3) is 21.8 Å². The van der Waals surface area contributed by atoms with E-state index in [1.54, 1.807) is 16.7 Å². The molecule has 0 saturated carbocycles. The molecular formula is C28H32N4O5. The summed E-state index contributed by atoms with van der Waals surface area (Å²) < 4.78 is 12.6. The van der Waals surface area contributed by atoms with Crippen LogP contribution in [0.5, 0.6) is 0 Å². The molecule has 0 bridgehead atoms. The maximum atomic E-state index is 12.9. The number of methoxy groups -OCH3 is 1. The number of aliphatic hydroxyl groups excluding tert-OH is 1. The van der Waals surface area contributed by atoms with Crippen LogP contribution in [0.4, 0.5) is 4.79 Å². The number of hydrogen-bond acceptors (Lipinski definition) is 6. The predicted molar refractivity (Wildman–Crippen MR) is 141 cm³/mol. The number of amides is 1. The van der Waals surface area contributed by atoms with Crippen LogP contribution in [0.2, 0.25) is 0 Å². The maximum Gasteiger partial charge on any atom is 0.410 e. The van der Waals surface area contributed by atoms with E-state index in [1.807, 2.05) is 55.6 Å². The van der Waals surface area contributed by atoms with Gasteiger partial charge in [-0.25, -0.2) is 9.48 Å². The van der Waals surface area contributed by atoms with Crippen molar-refractivity contribution in [3.8, 4) is 0 Å². The van der Waals surface area contributed by atoms with Gasteiger partial charge in [0.25, 0.3) is 5.56 Å². The lowest BCUT2D eigenvalue weighted by molar-refractivity contribution is 0.0291. The van der Waals surface area contributed by atoms with Gasteiger partial charge >= 0.3 is 6.09 Å². The fraction of sp³-hybridized carbons (Fsp3) is 0.393. The molecule has 1 aliphatic rings. The summed E-state index contributed by atoms with van der Waals surface area (Å²) in [6.07, 6.45) is 2.59. The van der Waals surface area contributed by atoms with Crippen LogP contribution < -0.4 is 5.56 Å². The van der Waals surface area contributed by atoms with Gasteiger partial charge in [-0.15, -0.1) is 0 Å². The molecule has 9 nitrogen and oxygen atoms in total. The van der Waals surface area contributed by atoms with E-state index in [2.05, 4.69) is 10.1 Å². The fourth-order valence-electron chi connectivity index (χ4n) is 5.22. The van der Waals surface area contributed by atoms with Crippen LogP contribution in [0.15, 0.2) is 53.5 Å². The molecule has 0 spiro atoms. The van der Waals surface area contributed by atoms with Crippen molar-refractivity contribution >= 4 is 27.9 Å². The van der Waals surface area contributed by atoms with Gasteiger partial charge in [0.2, 0.25) is 0 Å². The Kier molecular flexibility index (Phi) is 7.25. The molecule has 0 radical (unpaired) electrons. The average Bonchev–Trinajstić information content (AvgIpc) is 3.31. The number of aromatic amines is 1. The van der Waals surface area contributed by atoms with E-state index in [4.69, 9.17) is 9.47 Å². The maximum absolute atomic E-state index is 12.9. The summed E-state index contributed by atoms with van der Waals surface area (Å²) in [5.41, 5.74) is 4.38. The number of ether oxygens (including phenoxy) is 2. The minimum Gasteiger partial charge on any atom is -0.443 e. The quantitative estimate of drug-likeness (QED) is 0.397. The van der Waals surface area contributed by atoms with E-state index < -0.39 is 12.2 Å². The first-order chi connectivity index (χ1) is 17.9. The number of aryl methyl sites for hydroxylation is 1. The number of carbonyl (C=O) groups is 1. The number of H-pyrrole nitrogens is 1. The highest BCUT2D eigenvalue weighted by atomic mass is 16.6. The van der Waals surface area contributed by atoms with E-state index in [0.717, 1.165) is 38.5 Å². The topological polar surface area (TPSA) is 110 Å². The van der Waals surface area contributed by atoms with Gasteiger partial charge in [0.1, 0.15) is 12.8 Å². The number of hydrogen-bond donors (Lipinski definition) is 2. The highest BCUT2D eigenvalue weighted by Gasteiger charge is 2.28. The van der Waals surface area contributed by atoms with Crippen LogP contribution in [0.3, 0.4) is 0 Å². The van der Waals surface area contributed by atoms with E-state index in [0.29, 0.717) is 39.1 Å². The van der Waals surface area contributed by atoms with Gasteiger partial charge < -0.3 is 24.5 Å². The normalized spacial score (nSPS) is 15.4. The van der Waals surface area contributed by atoms with Gasteiger partial charge in [-0.1, -0.05) is 24.3 Å². The lowest BCUT2D eigenvalue weighted by Crippen LogP contribution is -2.41. The van der Waals surface area contributed by atoms with Gasteiger partial charge in [0.05, 0.1) is 12.1 Å². The molecular weight excluding hydrogens is 472 g/mol. The van der Waals surface area contributed by atoms with Crippen molar-refractivity contribution in [1.29, 1.82) is 0 Å². The molecule has 1 amide bonds. The van der Waals surface area contributed by atoms with Crippen molar-refractivity contribution in [3.05, 3.63) is 75.7 Å². The van der Waals surface area contributed by atoms with Gasteiger partial charge in [-0.05, 0) is 60.4 Å². The predicted octanol–water partition coefficient (Wildman–Crippen LogP) is 3.71. The highest BCUT2D eigenvalue weighted by molar-refractivity contribution is 5.82. The number of piperidine rings is 1. The summed E-state index contributed by atoms with van der Waals surface area (Å²) in [6, 6.07) is 13.7. The molecule has 2 aromatic carbocycles. The molecule has 4 aromatic rings. The van der Waals surface area contributed by atoms with Gasteiger partial charge in [0, 0.05) is 49.3 Å². The Morgan fingerprint density at radius 2 is 1.97 bits per heavy atom. The minimum atomic E-state index is -0.653. The lowest BCUT2D eigenvalue weighted by atomic mass is 9.89. The van der Waals surface area contributed by atoms with Crippen LogP contribution in [0, 0.1) is 6.92 Å². The number of nitrogens with one attached hydrogen (secondary N) is 1. The molecule has 0 unspecified atom stereocenters. The Morgan fingerprint density at radius 3 is 2.73 bits per heavy atom. The van der Waals surface area contributed by atoms with Crippen molar-refractivity contribution in [2.45, 2.75) is 44.9 Å². The summed E-state index contributed by atoms with van der Waals surface area (Å²) in [5.74, 6) is 0.0831. The SMILES string of the molecule is COCn1cc2cc(C[C@H](CO)OC(=O)N3CCC(c4cc5ccccc5[nH]c4=O)CC3)cc(C)c2n1. The minimum absolute atomic E-state index is 0.0694. The number of fused-ring (bicyclic) bond motifs is 2. The zero-order chi connectivity index (χ0) is 25.9. The summed E-state index contributed by atoms with van der Waals surface area (Å²) in [4.78, 5) is 30.2. The molecule has 9 heteroatoms. The third-order valence-corrected chi connectivity index (χ3v) is 7.08. The van der Waals surface area contributed by atoms with Crippen molar-refractivity contribution in [1.82, 2.24) is 19.7 Å². The summed E-state index contributed by atoms with van der Waals surface area (Å²) in [5, 5.41) is 16.4. The second-order valence-corrected chi connectivity index (χ2v) is 9.73. The second kappa shape index (κ2) is 10.7. The summed E-state index contributed by atoms with van der Waals surface area (Å²) in [6.45, 7) is 3.08. The number of pyridine rings is 1. The molecule has 0 aliphatic carbocycles. The summed E-state index contributed by atoms with van der Waals surface area (Å²) in [7, 11) is 1.62. The number of aromatic nitrogens is 3. The Bertz CT molecular complexity index is 1470. The average molecular weight is 505 g/mol. The van der Waals surface area contributed by atoms with Crippen LogP contribution in [-0.2, 0) is 22.6 Å². The van der Waals surface area contributed by atoms with E-state index >= 15 is 0 Å². The number of carbonyl (C=O) groups excluding carboxylic acids is 1. The number of rotatable bonds is 7. The Labute approximate surface area is 214 Å². The second-order valence-electron chi connectivity index (χ2n) is 9.73. The van der Waals surface area contributed by atoms with E-state index in [-0.39, 0.29) is 18.1 Å². The van der Waals surface area contributed by atoms with E-state index in [9.17, 15) is 14.7 Å². The summed E-state index contributed by atoms with van der Waals surface area (Å²) >= 11 is 0. The fourth-order valence-corrected chi connectivity index (χ4v) is 5.22. The molecule has 3 heterocycles. The largest absolute Gasteiger partial charge is 0.443 e. The van der Waals surface area contributed by atoms with Crippen LogP contribution >= 0.6 is 0 Å². The molecule has 2 aromatic heterocycles. The third-order valence-electron chi connectivity index (χ3n) is 7.08. The first kappa shape index (κ1) is 25.0. The Morgan fingerprint density at radius 1 is 1.19 bits per heavy atom. The van der Waals surface area contributed by atoms with E-state index in [1.165, 1.54) is 0 Å². The number of nitrogens with zero attached hydrogens (tertiary/aromatic N) is 3. The third kappa shape index (κ3) is 5.38. The molecule has 2 N–H and O–H groups in total. The zero-order valence-electron chi connectivity index (χ0n) is 21.1. The van der Waals surface area contributed by atoms with Crippen molar-refractivity contribution < 1.29 is 19.4 Å². The first-order valence-electron chi connectivity index (χ1n) is 12.6.